The molecule has 0 unspecified atom stereocenters. The largest absolute Gasteiger partial charge is 0.324 e. The van der Waals surface area contributed by atoms with Crippen LogP contribution in [0.2, 0.25) is 0 Å². The van der Waals surface area contributed by atoms with Crippen LogP contribution in [0.25, 0.3) is 0 Å². The van der Waals surface area contributed by atoms with Gasteiger partial charge in [-0.2, -0.15) is 0 Å². The third kappa shape index (κ3) is 4.87. The zero-order valence-electron chi connectivity index (χ0n) is 17.1. The first-order valence-electron chi connectivity index (χ1n) is 10.2. The number of ketones is 1. The number of amides is 1. The van der Waals surface area contributed by atoms with E-state index >= 15 is 0 Å². The van der Waals surface area contributed by atoms with Gasteiger partial charge in [-0.05, 0) is 49.9 Å². The molecule has 1 aliphatic heterocycles. The molecule has 3 rings (SSSR count). The zero-order chi connectivity index (χ0) is 20.1. The van der Waals surface area contributed by atoms with Crippen molar-refractivity contribution in [3.05, 3.63) is 65.2 Å². The summed E-state index contributed by atoms with van der Waals surface area (Å²) in [5, 5.41) is 3.12. The molecule has 0 saturated carbocycles. The molecule has 1 amide bonds. The predicted octanol–water partition coefficient (Wildman–Crippen LogP) is 4.65. The van der Waals surface area contributed by atoms with Crippen LogP contribution in [0.3, 0.4) is 0 Å². The maximum Gasteiger partial charge on any atom is 0.238 e. The summed E-state index contributed by atoms with van der Waals surface area (Å²) in [6, 6.07) is 15.7. The fourth-order valence-corrected chi connectivity index (χ4v) is 3.92. The minimum Gasteiger partial charge on any atom is -0.324 e. The Morgan fingerprint density at radius 1 is 1.04 bits per heavy atom. The van der Waals surface area contributed by atoms with Crippen LogP contribution in [0.5, 0.6) is 0 Å². The Labute approximate surface area is 167 Å². The Morgan fingerprint density at radius 3 is 2.36 bits per heavy atom. The van der Waals surface area contributed by atoms with E-state index in [1.54, 1.807) is 0 Å². The molecule has 4 heteroatoms. The molecule has 1 aliphatic rings. The smallest absolute Gasteiger partial charge is 0.238 e. The maximum absolute atomic E-state index is 12.6. The molecule has 1 fully saturated rings. The Morgan fingerprint density at radius 2 is 1.71 bits per heavy atom. The molecule has 0 spiro atoms. The summed E-state index contributed by atoms with van der Waals surface area (Å²) in [6.45, 7) is 8.24. The van der Waals surface area contributed by atoms with Gasteiger partial charge in [0.15, 0.2) is 5.78 Å². The summed E-state index contributed by atoms with van der Waals surface area (Å²) in [7, 11) is 0. The van der Waals surface area contributed by atoms with Gasteiger partial charge in [0, 0.05) is 17.2 Å². The van der Waals surface area contributed by atoms with Gasteiger partial charge < -0.3 is 5.32 Å². The zero-order valence-corrected chi connectivity index (χ0v) is 17.1. The second-order valence-corrected chi connectivity index (χ2v) is 8.02. The van der Waals surface area contributed by atoms with Crippen molar-refractivity contribution in [3.8, 4) is 0 Å². The first-order valence-corrected chi connectivity index (χ1v) is 10.2. The summed E-state index contributed by atoms with van der Waals surface area (Å²) >= 11 is 0. The quantitative estimate of drug-likeness (QED) is 0.744. The Balaban J connectivity index is 1.54. The van der Waals surface area contributed by atoms with E-state index in [-0.39, 0.29) is 17.6 Å². The fourth-order valence-electron chi connectivity index (χ4n) is 3.92. The lowest BCUT2D eigenvalue weighted by Gasteiger charge is -2.31. The van der Waals surface area contributed by atoms with Crippen molar-refractivity contribution in [2.75, 3.05) is 25.0 Å². The van der Waals surface area contributed by atoms with E-state index in [1.165, 1.54) is 5.56 Å². The molecule has 1 saturated heterocycles. The highest BCUT2D eigenvalue weighted by Gasteiger charge is 2.26. The van der Waals surface area contributed by atoms with Crippen LogP contribution in [0.4, 0.5) is 5.69 Å². The van der Waals surface area contributed by atoms with Crippen LogP contribution in [-0.4, -0.2) is 36.2 Å². The Kier molecular flexibility index (Phi) is 6.63. The number of carbonyl (C=O) groups is 2. The van der Waals surface area contributed by atoms with Gasteiger partial charge in [-0.3, -0.25) is 14.5 Å². The standard InChI is InChI=1S/C24H30N2O2/c1-17(2)21-11-7-8-18(3)23(21)25-22(27)16-26-14-12-20(13-15-26)24(28)19-9-5-4-6-10-19/h4-11,17,20H,12-16H2,1-3H3,(H,25,27). The second kappa shape index (κ2) is 9.16. The molecule has 0 bridgehead atoms. The van der Waals surface area contributed by atoms with Crippen LogP contribution < -0.4 is 5.32 Å². The lowest BCUT2D eigenvalue weighted by Crippen LogP contribution is -2.40. The van der Waals surface area contributed by atoms with Gasteiger partial charge >= 0.3 is 0 Å². The van der Waals surface area contributed by atoms with Gasteiger partial charge in [-0.15, -0.1) is 0 Å². The lowest BCUT2D eigenvalue weighted by atomic mass is 9.89. The number of anilines is 1. The highest BCUT2D eigenvalue weighted by molar-refractivity contribution is 5.98. The number of carbonyl (C=O) groups excluding carboxylic acids is 2. The van der Waals surface area contributed by atoms with E-state index in [9.17, 15) is 9.59 Å². The molecule has 2 aromatic carbocycles. The summed E-state index contributed by atoms with van der Waals surface area (Å²) in [6.07, 6.45) is 1.62. The summed E-state index contributed by atoms with van der Waals surface area (Å²) in [5.74, 6) is 0.663. The van der Waals surface area contributed by atoms with Gasteiger partial charge in [-0.25, -0.2) is 0 Å². The lowest BCUT2D eigenvalue weighted by molar-refractivity contribution is -0.117. The van der Waals surface area contributed by atoms with Crippen LogP contribution in [-0.2, 0) is 4.79 Å². The normalized spacial score (nSPS) is 15.6. The first kappa shape index (κ1) is 20.3. The first-order chi connectivity index (χ1) is 13.5. The van der Waals surface area contributed by atoms with Crippen molar-refractivity contribution in [1.82, 2.24) is 4.90 Å². The van der Waals surface area contributed by atoms with E-state index in [0.29, 0.717) is 12.5 Å². The topological polar surface area (TPSA) is 49.4 Å². The van der Waals surface area contributed by atoms with Crippen molar-refractivity contribution in [3.63, 3.8) is 0 Å². The molecule has 0 aromatic heterocycles. The SMILES string of the molecule is Cc1cccc(C(C)C)c1NC(=O)CN1CCC(C(=O)c2ccccc2)CC1. The molecule has 0 radical (unpaired) electrons. The highest BCUT2D eigenvalue weighted by Crippen LogP contribution is 2.27. The summed E-state index contributed by atoms with van der Waals surface area (Å²) in [5.41, 5.74) is 3.99. The minimum atomic E-state index is 0.0176. The van der Waals surface area contributed by atoms with E-state index in [0.717, 1.165) is 42.7 Å². The Hall–Kier alpha value is -2.46. The fraction of sp³-hybridized carbons (Fsp3) is 0.417. The number of hydrogen-bond acceptors (Lipinski definition) is 3. The molecule has 2 aromatic rings. The Bertz CT molecular complexity index is 822. The molecule has 1 heterocycles. The maximum atomic E-state index is 12.6. The summed E-state index contributed by atoms with van der Waals surface area (Å²) in [4.78, 5) is 27.4. The number of para-hydroxylation sites is 1. The molecule has 4 nitrogen and oxygen atoms in total. The third-order valence-electron chi connectivity index (χ3n) is 5.58. The van der Waals surface area contributed by atoms with Crippen molar-refractivity contribution >= 4 is 17.4 Å². The number of benzene rings is 2. The average molecular weight is 379 g/mol. The average Bonchev–Trinajstić information content (AvgIpc) is 2.70. The minimum absolute atomic E-state index is 0.0176. The van der Waals surface area contributed by atoms with Crippen molar-refractivity contribution in [1.29, 1.82) is 0 Å². The van der Waals surface area contributed by atoms with Gasteiger partial charge in [0.2, 0.25) is 5.91 Å². The monoisotopic (exact) mass is 378 g/mol. The number of piperidine rings is 1. The van der Waals surface area contributed by atoms with E-state index in [2.05, 4.69) is 30.1 Å². The summed E-state index contributed by atoms with van der Waals surface area (Å²) < 4.78 is 0. The van der Waals surface area contributed by atoms with Crippen molar-refractivity contribution in [2.45, 2.75) is 39.5 Å². The van der Waals surface area contributed by atoms with Gasteiger partial charge in [0.05, 0.1) is 6.54 Å². The van der Waals surface area contributed by atoms with Gasteiger partial charge in [-0.1, -0.05) is 62.4 Å². The van der Waals surface area contributed by atoms with Crippen LogP contribution in [0, 0.1) is 12.8 Å². The van der Waals surface area contributed by atoms with E-state index in [4.69, 9.17) is 0 Å². The number of nitrogens with one attached hydrogen (secondary N) is 1. The van der Waals surface area contributed by atoms with Crippen LogP contribution in [0.15, 0.2) is 48.5 Å². The molecule has 148 valence electrons. The third-order valence-corrected chi connectivity index (χ3v) is 5.58. The van der Waals surface area contributed by atoms with Crippen LogP contribution >= 0.6 is 0 Å². The molecule has 0 aliphatic carbocycles. The number of rotatable bonds is 6. The number of likely N-dealkylation sites (tertiary alicyclic amines) is 1. The molecule has 28 heavy (non-hydrogen) atoms. The van der Waals surface area contributed by atoms with E-state index < -0.39 is 0 Å². The van der Waals surface area contributed by atoms with Crippen molar-refractivity contribution in [2.24, 2.45) is 5.92 Å². The molecule has 0 atom stereocenters. The number of nitrogens with zero attached hydrogens (tertiary/aromatic N) is 1. The number of Topliss-reactive ketones (excluding diaryl/α,β-unsaturated/α-hetero) is 1. The van der Waals surface area contributed by atoms with E-state index in [1.807, 2.05) is 49.4 Å². The number of hydrogen-bond donors (Lipinski definition) is 1. The second-order valence-electron chi connectivity index (χ2n) is 8.02. The molecular weight excluding hydrogens is 348 g/mol. The molecular formula is C24H30N2O2. The van der Waals surface area contributed by atoms with Gasteiger partial charge in [0.25, 0.3) is 0 Å². The van der Waals surface area contributed by atoms with Crippen molar-refractivity contribution < 1.29 is 9.59 Å². The highest BCUT2D eigenvalue weighted by atomic mass is 16.2. The van der Waals surface area contributed by atoms with Gasteiger partial charge in [0.1, 0.15) is 0 Å². The molecule has 1 N–H and O–H groups in total. The number of aryl methyl sites for hydroxylation is 1. The predicted molar refractivity (Wildman–Crippen MR) is 114 cm³/mol. The van der Waals surface area contributed by atoms with Crippen LogP contribution in [0.1, 0.15) is 54.1 Å².